The van der Waals surface area contributed by atoms with Gasteiger partial charge in [0.25, 0.3) is 5.91 Å². The Morgan fingerprint density at radius 2 is 1.87 bits per heavy atom. The van der Waals surface area contributed by atoms with E-state index < -0.39 is 0 Å². The van der Waals surface area contributed by atoms with Crippen molar-refractivity contribution in [2.75, 3.05) is 16.8 Å². The van der Waals surface area contributed by atoms with Crippen molar-refractivity contribution in [1.82, 2.24) is 0 Å². The number of anilines is 2. The summed E-state index contributed by atoms with van der Waals surface area (Å²) < 4.78 is 0. The van der Waals surface area contributed by atoms with Crippen LogP contribution in [0.2, 0.25) is 0 Å². The van der Waals surface area contributed by atoms with Crippen LogP contribution in [0.1, 0.15) is 35.2 Å². The van der Waals surface area contributed by atoms with Gasteiger partial charge in [0.15, 0.2) is 0 Å². The number of benzene rings is 2. The molecule has 1 aliphatic heterocycles. The highest BCUT2D eigenvalue weighted by Gasteiger charge is 2.21. The van der Waals surface area contributed by atoms with Crippen LogP contribution in [0.5, 0.6) is 0 Å². The Morgan fingerprint density at radius 3 is 2.57 bits per heavy atom. The van der Waals surface area contributed by atoms with E-state index in [2.05, 4.69) is 5.32 Å². The van der Waals surface area contributed by atoms with Gasteiger partial charge in [-0.3, -0.25) is 9.59 Å². The lowest BCUT2D eigenvalue weighted by Crippen LogP contribution is -2.35. The minimum Gasteiger partial charge on any atom is -0.322 e. The molecule has 1 heterocycles. The Morgan fingerprint density at radius 1 is 1.09 bits per heavy atom. The quantitative estimate of drug-likeness (QED) is 0.938. The molecular formula is C19H20N2O2. The van der Waals surface area contributed by atoms with E-state index in [4.69, 9.17) is 0 Å². The molecule has 1 fully saturated rings. The molecule has 23 heavy (non-hydrogen) atoms. The van der Waals surface area contributed by atoms with Crippen LogP contribution in [0.3, 0.4) is 0 Å². The molecule has 2 aromatic carbocycles. The van der Waals surface area contributed by atoms with E-state index in [0.717, 1.165) is 36.3 Å². The first kappa shape index (κ1) is 15.3. The molecular weight excluding hydrogens is 288 g/mol. The van der Waals surface area contributed by atoms with Crippen molar-refractivity contribution in [3.8, 4) is 0 Å². The molecule has 4 nitrogen and oxygen atoms in total. The molecule has 0 saturated carbocycles. The smallest absolute Gasteiger partial charge is 0.255 e. The molecule has 0 aliphatic carbocycles. The lowest BCUT2D eigenvalue weighted by Gasteiger charge is -2.28. The topological polar surface area (TPSA) is 49.4 Å². The number of rotatable bonds is 3. The second kappa shape index (κ2) is 6.65. The second-order valence-corrected chi connectivity index (χ2v) is 5.82. The van der Waals surface area contributed by atoms with Crippen molar-refractivity contribution >= 4 is 23.2 Å². The Balaban J connectivity index is 1.77. The summed E-state index contributed by atoms with van der Waals surface area (Å²) in [6.45, 7) is 2.74. The van der Waals surface area contributed by atoms with Gasteiger partial charge in [-0.1, -0.05) is 18.2 Å². The van der Waals surface area contributed by atoms with E-state index in [1.54, 1.807) is 12.1 Å². The minimum absolute atomic E-state index is 0.133. The summed E-state index contributed by atoms with van der Waals surface area (Å²) >= 11 is 0. The predicted molar refractivity (Wildman–Crippen MR) is 91.8 cm³/mol. The largest absolute Gasteiger partial charge is 0.322 e. The molecule has 0 bridgehead atoms. The Kier molecular flexibility index (Phi) is 4.42. The van der Waals surface area contributed by atoms with Crippen LogP contribution >= 0.6 is 0 Å². The zero-order valence-electron chi connectivity index (χ0n) is 13.2. The molecule has 1 saturated heterocycles. The maximum absolute atomic E-state index is 12.2. The zero-order valence-corrected chi connectivity index (χ0v) is 13.2. The van der Waals surface area contributed by atoms with Gasteiger partial charge >= 0.3 is 0 Å². The molecule has 1 aliphatic rings. The van der Waals surface area contributed by atoms with Crippen molar-refractivity contribution in [2.24, 2.45) is 0 Å². The van der Waals surface area contributed by atoms with Crippen LogP contribution in [0.4, 0.5) is 11.4 Å². The van der Waals surface area contributed by atoms with Gasteiger partial charge in [0.05, 0.1) is 0 Å². The Bertz CT molecular complexity index is 725. The van der Waals surface area contributed by atoms with Crippen molar-refractivity contribution in [3.05, 3.63) is 59.7 Å². The lowest BCUT2D eigenvalue weighted by atomic mass is 10.1. The summed E-state index contributed by atoms with van der Waals surface area (Å²) in [5, 5.41) is 2.90. The van der Waals surface area contributed by atoms with Crippen LogP contribution in [0.25, 0.3) is 0 Å². The first-order chi connectivity index (χ1) is 11.1. The maximum atomic E-state index is 12.2. The molecule has 0 atom stereocenters. The number of carbonyl (C=O) groups excluding carboxylic acids is 2. The van der Waals surface area contributed by atoms with Gasteiger partial charge in [0.1, 0.15) is 0 Å². The van der Waals surface area contributed by atoms with Gasteiger partial charge in [0, 0.05) is 29.9 Å². The fourth-order valence-electron chi connectivity index (χ4n) is 2.89. The first-order valence-corrected chi connectivity index (χ1v) is 7.92. The standard InChI is InChI=1S/C19H20N2O2/c1-14-13-16(20-19(23)15-7-3-2-4-8-15)10-11-17(14)21-12-6-5-9-18(21)22/h2-4,7-8,10-11,13H,5-6,9,12H2,1H3,(H,20,23). The van der Waals surface area contributed by atoms with Crippen LogP contribution in [0, 0.1) is 6.92 Å². The van der Waals surface area contributed by atoms with Crippen molar-refractivity contribution in [2.45, 2.75) is 26.2 Å². The number of piperidine rings is 1. The molecule has 0 radical (unpaired) electrons. The number of carbonyl (C=O) groups is 2. The third kappa shape index (κ3) is 3.42. The second-order valence-electron chi connectivity index (χ2n) is 5.82. The third-order valence-electron chi connectivity index (χ3n) is 4.10. The SMILES string of the molecule is Cc1cc(NC(=O)c2ccccc2)ccc1N1CCCCC1=O. The summed E-state index contributed by atoms with van der Waals surface area (Å²) in [4.78, 5) is 26.1. The molecule has 2 aromatic rings. The van der Waals surface area contributed by atoms with E-state index >= 15 is 0 Å². The van der Waals surface area contributed by atoms with Crippen LogP contribution < -0.4 is 10.2 Å². The van der Waals surface area contributed by atoms with Gasteiger partial charge in [-0.25, -0.2) is 0 Å². The van der Waals surface area contributed by atoms with Gasteiger partial charge < -0.3 is 10.2 Å². The van der Waals surface area contributed by atoms with Crippen LogP contribution in [-0.2, 0) is 4.79 Å². The highest BCUT2D eigenvalue weighted by molar-refractivity contribution is 6.04. The highest BCUT2D eigenvalue weighted by atomic mass is 16.2. The zero-order chi connectivity index (χ0) is 16.2. The summed E-state index contributed by atoms with van der Waals surface area (Å²) in [5.41, 5.74) is 3.29. The summed E-state index contributed by atoms with van der Waals surface area (Å²) in [6.07, 6.45) is 2.63. The number of hydrogen-bond acceptors (Lipinski definition) is 2. The van der Waals surface area contributed by atoms with E-state index in [-0.39, 0.29) is 11.8 Å². The van der Waals surface area contributed by atoms with Gasteiger partial charge in [0.2, 0.25) is 5.91 Å². The monoisotopic (exact) mass is 308 g/mol. The van der Waals surface area contributed by atoms with E-state index in [1.165, 1.54) is 0 Å². The Labute approximate surface area is 136 Å². The highest BCUT2D eigenvalue weighted by Crippen LogP contribution is 2.27. The number of nitrogens with one attached hydrogen (secondary N) is 1. The van der Waals surface area contributed by atoms with Crippen LogP contribution in [0.15, 0.2) is 48.5 Å². The summed E-state index contributed by atoms with van der Waals surface area (Å²) in [6, 6.07) is 14.8. The third-order valence-corrected chi connectivity index (χ3v) is 4.10. The van der Waals surface area contributed by atoms with Gasteiger partial charge in [-0.15, -0.1) is 0 Å². The van der Waals surface area contributed by atoms with Crippen LogP contribution in [-0.4, -0.2) is 18.4 Å². The van der Waals surface area contributed by atoms with E-state index in [0.29, 0.717) is 12.0 Å². The number of nitrogens with zero attached hydrogens (tertiary/aromatic N) is 1. The average molecular weight is 308 g/mol. The number of aryl methyl sites for hydroxylation is 1. The number of hydrogen-bond donors (Lipinski definition) is 1. The lowest BCUT2D eigenvalue weighted by molar-refractivity contribution is -0.119. The van der Waals surface area contributed by atoms with Crippen molar-refractivity contribution in [1.29, 1.82) is 0 Å². The van der Waals surface area contributed by atoms with Crippen molar-refractivity contribution < 1.29 is 9.59 Å². The first-order valence-electron chi connectivity index (χ1n) is 7.92. The normalized spacial score (nSPS) is 14.7. The van der Waals surface area contributed by atoms with Gasteiger partial charge in [-0.2, -0.15) is 0 Å². The molecule has 0 aromatic heterocycles. The molecule has 0 unspecified atom stereocenters. The van der Waals surface area contributed by atoms with E-state index in [9.17, 15) is 9.59 Å². The van der Waals surface area contributed by atoms with E-state index in [1.807, 2.05) is 48.2 Å². The molecule has 118 valence electrons. The molecule has 0 spiro atoms. The minimum atomic E-state index is -0.133. The summed E-state index contributed by atoms with van der Waals surface area (Å²) in [7, 11) is 0. The molecule has 1 N–H and O–H groups in total. The molecule has 3 rings (SSSR count). The fraction of sp³-hybridized carbons (Fsp3) is 0.263. The summed E-state index contributed by atoms with van der Waals surface area (Å²) in [5.74, 6) is 0.0484. The maximum Gasteiger partial charge on any atom is 0.255 e. The molecule has 2 amide bonds. The predicted octanol–water partition coefficient (Wildman–Crippen LogP) is 3.76. The average Bonchev–Trinajstić information content (AvgIpc) is 2.57. The Hall–Kier alpha value is -2.62. The van der Waals surface area contributed by atoms with Gasteiger partial charge in [-0.05, 0) is 55.7 Å². The molecule has 4 heteroatoms. The van der Waals surface area contributed by atoms with Crippen molar-refractivity contribution in [3.63, 3.8) is 0 Å². The number of amides is 2. The fourth-order valence-corrected chi connectivity index (χ4v) is 2.89.